The number of aromatic nitrogens is 5. The van der Waals surface area contributed by atoms with Gasteiger partial charge in [-0.15, -0.1) is 0 Å². The summed E-state index contributed by atoms with van der Waals surface area (Å²) >= 11 is 1.52. The van der Waals surface area contributed by atoms with E-state index in [2.05, 4.69) is 25.6 Å². The van der Waals surface area contributed by atoms with Crippen molar-refractivity contribution < 1.29 is 18.3 Å². The van der Waals surface area contributed by atoms with E-state index in [0.717, 1.165) is 61.3 Å². The van der Waals surface area contributed by atoms with Gasteiger partial charge in [-0.1, -0.05) is 6.07 Å². The van der Waals surface area contributed by atoms with Gasteiger partial charge in [-0.25, -0.2) is 23.1 Å². The van der Waals surface area contributed by atoms with Crippen LogP contribution in [0.3, 0.4) is 0 Å². The number of amides is 1. The Bertz CT molecular complexity index is 1640. The second-order valence-corrected chi connectivity index (χ2v) is 11.4. The molecule has 3 aromatic heterocycles. The van der Waals surface area contributed by atoms with Gasteiger partial charge in [0, 0.05) is 49.8 Å². The van der Waals surface area contributed by atoms with Crippen LogP contribution in [-0.4, -0.2) is 78.9 Å². The average Bonchev–Trinajstić information content (AvgIpc) is 3.76. The van der Waals surface area contributed by atoms with E-state index in [1.807, 2.05) is 17.5 Å². The number of nitrogens with zero attached hydrogens (tertiary/aromatic N) is 7. The Hall–Kier alpha value is -3.88. The molecule has 2 aliphatic rings. The van der Waals surface area contributed by atoms with E-state index >= 15 is 0 Å². The molecule has 11 nitrogen and oxygen atoms in total. The van der Waals surface area contributed by atoms with Crippen molar-refractivity contribution in [1.82, 2.24) is 29.0 Å². The molecule has 0 radical (unpaired) electrons. The number of imidazole rings is 1. The summed E-state index contributed by atoms with van der Waals surface area (Å²) in [7, 11) is 1.75. The highest BCUT2D eigenvalue weighted by atomic mass is 32.2. The zero-order valence-corrected chi connectivity index (χ0v) is 24.1. The van der Waals surface area contributed by atoms with Crippen molar-refractivity contribution in [2.24, 2.45) is 4.40 Å². The van der Waals surface area contributed by atoms with Gasteiger partial charge in [0.05, 0.1) is 36.1 Å². The largest absolute Gasteiger partial charge is 0.383 e. The maximum atomic E-state index is 13.9. The van der Waals surface area contributed by atoms with Gasteiger partial charge in [-0.2, -0.15) is 5.10 Å². The quantitative estimate of drug-likeness (QED) is 0.263. The summed E-state index contributed by atoms with van der Waals surface area (Å²) in [4.78, 5) is 24.3. The first kappa shape index (κ1) is 28.2. The number of anilines is 2. The van der Waals surface area contributed by atoms with Crippen LogP contribution in [0.5, 0.6) is 0 Å². The van der Waals surface area contributed by atoms with Crippen LogP contribution in [0.25, 0.3) is 16.9 Å². The number of hydrogen-bond donors (Lipinski definition) is 2. The summed E-state index contributed by atoms with van der Waals surface area (Å²) in [6.45, 7) is 4.41. The number of nitrogens with one attached hydrogen (secondary N) is 2. The summed E-state index contributed by atoms with van der Waals surface area (Å²) in [5, 5.41) is 10.2. The highest BCUT2D eigenvalue weighted by Crippen LogP contribution is 2.30. The molecule has 4 aromatic rings. The highest BCUT2D eigenvalue weighted by Gasteiger charge is 2.29. The summed E-state index contributed by atoms with van der Waals surface area (Å²) in [5.41, 5.74) is 3.91. The van der Waals surface area contributed by atoms with Crippen LogP contribution in [0.2, 0.25) is 0 Å². The minimum Gasteiger partial charge on any atom is -0.383 e. The molecule has 2 aliphatic heterocycles. The standard InChI is InChI=1S/C28H31F2N9O2S/c1-17-12-39-23(18-10-32-38(13-18)15-24(40)34-22-7-3-6-21(29)26(22)30)11-31-28(39)27(33-17)35-25-9-19(36-42-25)14-37-8-4-5-20(37)16-41-2/h3,6-7,10-13,20,25H,4-5,8-9,14-16H2,1-2H3,(H,33,35)(H,34,40). The van der Waals surface area contributed by atoms with E-state index < -0.39 is 17.5 Å². The molecule has 5 heterocycles. The van der Waals surface area contributed by atoms with Crippen molar-refractivity contribution in [3.8, 4) is 11.3 Å². The third-order valence-corrected chi connectivity index (χ3v) is 8.25. The second kappa shape index (κ2) is 12.2. The minimum absolute atomic E-state index is 0.0471. The fourth-order valence-corrected chi connectivity index (χ4v) is 6.25. The molecule has 220 valence electrons. The maximum Gasteiger partial charge on any atom is 0.246 e. The molecular formula is C28H31F2N9O2S. The number of ether oxygens (including phenoxy) is 1. The molecule has 0 bridgehead atoms. The van der Waals surface area contributed by atoms with Crippen molar-refractivity contribution in [1.29, 1.82) is 0 Å². The Kier molecular flexibility index (Phi) is 8.18. The second-order valence-electron chi connectivity index (χ2n) is 10.5. The molecule has 2 N–H and O–H groups in total. The number of likely N-dealkylation sites (tertiary alicyclic amines) is 1. The zero-order valence-electron chi connectivity index (χ0n) is 23.3. The van der Waals surface area contributed by atoms with Crippen LogP contribution in [-0.2, 0) is 16.1 Å². The lowest BCUT2D eigenvalue weighted by Crippen LogP contribution is -2.37. The molecule has 1 fully saturated rings. The Morgan fingerprint density at radius 2 is 2.12 bits per heavy atom. The van der Waals surface area contributed by atoms with Crippen molar-refractivity contribution in [3.63, 3.8) is 0 Å². The first-order chi connectivity index (χ1) is 20.4. The van der Waals surface area contributed by atoms with E-state index in [-0.39, 0.29) is 17.6 Å². The van der Waals surface area contributed by atoms with Crippen LogP contribution in [0, 0.1) is 18.6 Å². The number of benzene rings is 1. The Labute approximate surface area is 245 Å². The van der Waals surface area contributed by atoms with Gasteiger partial charge in [-0.3, -0.25) is 18.8 Å². The number of rotatable bonds is 10. The molecule has 2 unspecified atom stereocenters. The van der Waals surface area contributed by atoms with Crippen molar-refractivity contribution in [2.45, 2.75) is 44.1 Å². The van der Waals surface area contributed by atoms with Crippen LogP contribution in [0.15, 0.2) is 47.4 Å². The van der Waals surface area contributed by atoms with Gasteiger partial charge in [0.2, 0.25) is 5.91 Å². The van der Waals surface area contributed by atoms with E-state index in [4.69, 9.17) is 14.1 Å². The first-order valence-electron chi connectivity index (χ1n) is 13.7. The lowest BCUT2D eigenvalue weighted by Gasteiger charge is -2.23. The summed E-state index contributed by atoms with van der Waals surface area (Å²) in [6.07, 6.45) is 10.1. The van der Waals surface area contributed by atoms with E-state index in [1.165, 1.54) is 35.2 Å². The number of fused-ring (bicyclic) bond motifs is 1. The van der Waals surface area contributed by atoms with Gasteiger partial charge < -0.3 is 15.4 Å². The normalized spacial score (nSPS) is 19.0. The zero-order chi connectivity index (χ0) is 29.2. The lowest BCUT2D eigenvalue weighted by molar-refractivity contribution is -0.116. The number of methoxy groups -OCH3 is 1. The van der Waals surface area contributed by atoms with Crippen molar-refractivity contribution >= 4 is 40.7 Å². The van der Waals surface area contributed by atoms with Crippen LogP contribution in [0.4, 0.5) is 20.3 Å². The minimum atomic E-state index is -1.10. The molecule has 42 heavy (non-hydrogen) atoms. The molecular weight excluding hydrogens is 564 g/mol. The van der Waals surface area contributed by atoms with Crippen LogP contribution in [0.1, 0.15) is 25.0 Å². The molecule has 6 rings (SSSR count). The number of halogens is 2. The third kappa shape index (κ3) is 6.01. The predicted octanol–water partition coefficient (Wildman–Crippen LogP) is 4.16. The van der Waals surface area contributed by atoms with Crippen LogP contribution < -0.4 is 10.6 Å². The smallest absolute Gasteiger partial charge is 0.246 e. The fraction of sp³-hybridized carbons (Fsp3) is 0.393. The van der Waals surface area contributed by atoms with Gasteiger partial charge >= 0.3 is 0 Å². The summed E-state index contributed by atoms with van der Waals surface area (Å²) in [6, 6.07) is 4.07. The SMILES string of the molecule is COCC1CCCN1CC1=NSC(Nc2nc(C)cn3c(-c4cnn(CC(=O)Nc5cccc(F)c5F)c4)cnc23)C1. The van der Waals surface area contributed by atoms with Crippen molar-refractivity contribution in [2.75, 3.05) is 37.4 Å². The topological polar surface area (TPSA) is 114 Å². The molecule has 1 saturated heterocycles. The predicted molar refractivity (Wildman–Crippen MR) is 157 cm³/mol. The van der Waals surface area contributed by atoms with Gasteiger partial charge in [0.25, 0.3) is 0 Å². The number of aryl methyl sites for hydroxylation is 1. The molecule has 14 heteroatoms. The molecule has 0 saturated carbocycles. The summed E-state index contributed by atoms with van der Waals surface area (Å²) < 4.78 is 40.9. The lowest BCUT2D eigenvalue weighted by atomic mass is 10.2. The first-order valence-corrected chi connectivity index (χ1v) is 14.5. The summed E-state index contributed by atoms with van der Waals surface area (Å²) in [5.74, 6) is -2.00. The number of carbonyl (C=O) groups excluding carboxylic acids is 1. The van der Waals surface area contributed by atoms with E-state index in [0.29, 0.717) is 17.5 Å². The maximum absolute atomic E-state index is 13.9. The van der Waals surface area contributed by atoms with E-state index in [9.17, 15) is 13.6 Å². The number of carbonyl (C=O) groups is 1. The van der Waals surface area contributed by atoms with Crippen molar-refractivity contribution in [3.05, 3.63) is 60.3 Å². The molecule has 1 amide bonds. The monoisotopic (exact) mass is 595 g/mol. The van der Waals surface area contributed by atoms with Gasteiger partial charge in [-0.05, 0) is 50.4 Å². The molecule has 1 aromatic carbocycles. The van der Waals surface area contributed by atoms with Gasteiger partial charge in [0.15, 0.2) is 23.1 Å². The Balaban J connectivity index is 1.12. The Morgan fingerprint density at radius 3 is 2.98 bits per heavy atom. The highest BCUT2D eigenvalue weighted by molar-refractivity contribution is 7.99. The molecule has 2 atom stereocenters. The molecule has 0 spiro atoms. The third-order valence-electron chi connectivity index (χ3n) is 7.34. The number of hydrogen-bond acceptors (Lipinski definition) is 9. The fourth-order valence-electron chi connectivity index (χ4n) is 5.41. The van der Waals surface area contributed by atoms with Crippen LogP contribution >= 0.6 is 11.9 Å². The van der Waals surface area contributed by atoms with E-state index in [1.54, 1.807) is 25.7 Å². The van der Waals surface area contributed by atoms with Gasteiger partial charge in [0.1, 0.15) is 11.9 Å². The Morgan fingerprint density at radius 1 is 1.24 bits per heavy atom. The average molecular weight is 596 g/mol. The molecule has 0 aliphatic carbocycles.